The van der Waals surface area contributed by atoms with Crippen molar-refractivity contribution in [3.63, 3.8) is 0 Å². The summed E-state index contributed by atoms with van der Waals surface area (Å²) < 4.78 is 22.8. The molecule has 0 heterocycles. The molecule has 0 aliphatic rings. The summed E-state index contributed by atoms with van der Waals surface area (Å²) in [7, 11) is 5.92. The highest BCUT2D eigenvalue weighted by molar-refractivity contribution is 5.70. The largest absolute Gasteiger partial charge is 0.545 e. The third kappa shape index (κ3) is 61.7. The van der Waals surface area contributed by atoms with Crippen LogP contribution in [0.25, 0.3) is 0 Å². The van der Waals surface area contributed by atoms with Crippen LogP contribution in [0.15, 0.2) is 97.2 Å². The average Bonchev–Trinajstić information content (AvgIpc) is 3.42. The van der Waals surface area contributed by atoms with Crippen molar-refractivity contribution < 1.29 is 42.9 Å². The molecule has 0 aromatic carbocycles. The summed E-state index contributed by atoms with van der Waals surface area (Å²) in [5.41, 5.74) is 0. The Morgan fingerprint density at radius 1 is 0.392 bits per heavy atom. The number of aliphatic carboxylic acids is 1. The number of unbranched alkanes of at least 4 members (excludes halogenated alkanes) is 28. The van der Waals surface area contributed by atoms with Crippen LogP contribution in [-0.2, 0) is 33.3 Å². The molecule has 0 spiro atoms. The van der Waals surface area contributed by atoms with Gasteiger partial charge in [0, 0.05) is 12.8 Å². The third-order valence-corrected chi connectivity index (χ3v) is 13.8. The van der Waals surface area contributed by atoms with Crippen molar-refractivity contribution in [2.45, 2.75) is 283 Å². The number of allylic oxidation sites excluding steroid dienone is 16. The quantitative estimate of drug-likeness (QED) is 0.0195. The van der Waals surface area contributed by atoms with E-state index in [1.807, 2.05) is 21.1 Å². The Kier molecular flexibility index (Phi) is 57.4. The van der Waals surface area contributed by atoms with E-state index < -0.39 is 24.3 Å². The zero-order chi connectivity index (χ0) is 57.6. The highest BCUT2D eigenvalue weighted by atomic mass is 16.7. The first-order chi connectivity index (χ1) is 38.6. The second-order valence-corrected chi connectivity index (χ2v) is 22.7. The monoisotopic (exact) mass is 1100 g/mol. The lowest BCUT2D eigenvalue weighted by molar-refractivity contribution is -0.870. The molecule has 9 nitrogen and oxygen atoms in total. The van der Waals surface area contributed by atoms with Gasteiger partial charge in [0.15, 0.2) is 12.4 Å². The van der Waals surface area contributed by atoms with E-state index in [4.69, 9.17) is 18.9 Å². The molecule has 454 valence electrons. The van der Waals surface area contributed by atoms with E-state index in [1.54, 1.807) is 0 Å². The summed E-state index contributed by atoms with van der Waals surface area (Å²) >= 11 is 0. The van der Waals surface area contributed by atoms with E-state index in [1.165, 1.54) is 148 Å². The second kappa shape index (κ2) is 60.3. The second-order valence-electron chi connectivity index (χ2n) is 22.7. The van der Waals surface area contributed by atoms with E-state index in [-0.39, 0.29) is 38.6 Å². The van der Waals surface area contributed by atoms with Crippen LogP contribution >= 0.6 is 0 Å². The Hall–Kier alpha value is -3.79. The summed E-state index contributed by atoms with van der Waals surface area (Å²) in [4.78, 5) is 37.4. The predicted molar refractivity (Wildman–Crippen MR) is 334 cm³/mol. The number of hydrogen-bond acceptors (Lipinski definition) is 8. The molecule has 0 radical (unpaired) electrons. The van der Waals surface area contributed by atoms with Gasteiger partial charge in [0.25, 0.3) is 0 Å². The fourth-order valence-corrected chi connectivity index (χ4v) is 8.87. The van der Waals surface area contributed by atoms with Gasteiger partial charge in [-0.15, -0.1) is 0 Å². The van der Waals surface area contributed by atoms with E-state index in [0.29, 0.717) is 17.4 Å². The van der Waals surface area contributed by atoms with Gasteiger partial charge in [-0.05, 0) is 96.3 Å². The summed E-state index contributed by atoms with van der Waals surface area (Å²) in [6.07, 6.45) is 78.9. The van der Waals surface area contributed by atoms with Crippen LogP contribution in [0.4, 0.5) is 0 Å². The Morgan fingerprint density at radius 2 is 0.722 bits per heavy atom. The lowest BCUT2D eigenvalue weighted by Gasteiger charge is -2.26. The zero-order valence-corrected chi connectivity index (χ0v) is 51.7. The van der Waals surface area contributed by atoms with E-state index in [0.717, 1.165) is 89.9 Å². The molecule has 2 unspecified atom stereocenters. The number of esters is 2. The molecular formula is C70H121NO8. The first-order valence-electron chi connectivity index (χ1n) is 32.4. The van der Waals surface area contributed by atoms with Crippen LogP contribution in [0.2, 0.25) is 0 Å². The molecule has 0 aromatic heterocycles. The number of nitrogens with zero attached hydrogens (tertiary/aromatic N) is 1. The summed E-state index contributed by atoms with van der Waals surface area (Å²) in [6.45, 7) is 4.63. The Labute approximate surface area is 486 Å². The maximum atomic E-state index is 12.9. The van der Waals surface area contributed by atoms with Gasteiger partial charge >= 0.3 is 11.9 Å². The van der Waals surface area contributed by atoms with Crippen LogP contribution < -0.4 is 5.11 Å². The predicted octanol–water partition coefficient (Wildman–Crippen LogP) is 18.4. The van der Waals surface area contributed by atoms with Crippen molar-refractivity contribution in [1.29, 1.82) is 0 Å². The minimum absolute atomic E-state index is 0.142. The molecule has 0 bridgehead atoms. The van der Waals surface area contributed by atoms with Crippen LogP contribution in [0.5, 0.6) is 0 Å². The lowest BCUT2D eigenvalue weighted by atomic mass is 10.0. The Morgan fingerprint density at radius 3 is 1.08 bits per heavy atom. The fraction of sp³-hybridized carbons (Fsp3) is 0.729. The summed E-state index contributed by atoms with van der Waals surface area (Å²) in [5, 5.41) is 11.8. The number of carbonyl (C=O) groups is 3. The number of likely N-dealkylation sites (N-methyl/N-ethyl adjacent to an activating group) is 1. The Balaban J connectivity index is 4.19. The first-order valence-corrected chi connectivity index (χ1v) is 32.4. The van der Waals surface area contributed by atoms with Gasteiger partial charge < -0.3 is 33.3 Å². The molecular weight excluding hydrogens is 983 g/mol. The summed E-state index contributed by atoms with van der Waals surface area (Å²) in [5.74, 6) is -2.29. The maximum absolute atomic E-state index is 12.9. The third-order valence-electron chi connectivity index (χ3n) is 13.8. The molecule has 0 amide bonds. The van der Waals surface area contributed by atoms with Crippen molar-refractivity contribution >= 4 is 17.9 Å². The van der Waals surface area contributed by atoms with Crippen LogP contribution in [0.3, 0.4) is 0 Å². The molecule has 2 atom stereocenters. The minimum atomic E-state index is -1.63. The van der Waals surface area contributed by atoms with Gasteiger partial charge in [-0.2, -0.15) is 0 Å². The van der Waals surface area contributed by atoms with Crippen molar-refractivity contribution in [3.05, 3.63) is 97.2 Å². The van der Waals surface area contributed by atoms with Crippen molar-refractivity contribution in [2.75, 3.05) is 47.5 Å². The number of ether oxygens (including phenoxy) is 4. The average molecular weight is 1100 g/mol. The molecule has 0 N–H and O–H groups in total. The molecule has 0 aliphatic heterocycles. The van der Waals surface area contributed by atoms with Crippen LogP contribution in [0, 0.1) is 0 Å². The number of quaternary nitrogens is 1. The topological polar surface area (TPSA) is 111 Å². The molecule has 0 saturated heterocycles. The van der Waals surface area contributed by atoms with Crippen LogP contribution in [-0.4, -0.2) is 82.3 Å². The number of carbonyl (C=O) groups excluding carboxylic acids is 3. The van der Waals surface area contributed by atoms with Gasteiger partial charge in [-0.3, -0.25) is 9.59 Å². The SMILES string of the molecule is CC/C=C\C/C=C\C/C=C\C/C=C\C/C=C\CCCCCCCCCCCC(=O)OC(COC(=O)CCCCCCCCCCCCCCCC/C=C\C/C=C\C/C=C\CCCCCCC)COC(OCC[N+](C)(C)C)C(=O)[O-]. The molecule has 0 fully saturated rings. The van der Waals surface area contributed by atoms with Gasteiger partial charge in [-0.1, -0.05) is 259 Å². The van der Waals surface area contributed by atoms with Crippen molar-refractivity contribution in [1.82, 2.24) is 0 Å². The molecule has 0 aromatic rings. The van der Waals surface area contributed by atoms with E-state index in [9.17, 15) is 19.5 Å². The molecule has 0 rings (SSSR count). The smallest absolute Gasteiger partial charge is 0.306 e. The Bertz CT molecular complexity index is 1620. The molecule has 79 heavy (non-hydrogen) atoms. The van der Waals surface area contributed by atoms with Gasteiger partial charge in [0.05, 0.1) is 40.3 Å². The van der Waals surface area contributed by atoms with E-state index in [2.05, 4.69) is 111 Å². The normalized spacial score (nSPS) is 13.4. The number of rotatable bonds is 59. The van der Waals surface area contributed by atoms with Crippen molar-refractivity contribution in [2.24, 2.45) is 0 Å². The van der Waals surface area contributed by atoms with Crippen LogP contribution in [0.1, 0.15) is 271 Å². The summed E-state index contributed by atoms with van der Waals surface area (Å²) in [6, 6.07) is 0. The number of carboxylic acid groups (broad SMARTS) is 1. The van der Waals surface area contributed by atoms with Gasteiger partial charge in [-0.25, -0.2) is 0 Å². The molecule has 0 saturated carbocycles. The molecule has 0 aliphatic carbocycles. The standard InChI is InChI=1S/C70H121NO8/c1-6-8-10-12-14-16-18-20-22-24-26-28-30-32-33-34-35-37-38-40-42-44-46-48-50-52-54-56-58-60-67(72)77-64-66(65-78-70(69(74)75)76-63-62-71(3,4)5)79-68(73)61-59-57-55-53-51-49-47-45-43-41-39-36-31-29-27-25-23-21-19-17-15-13-11-9-7-2/h9,11,15,17-18,20-21,23-24,26-27,29-30,32,36,39,66,70H,6-8,10,12-14,16,19,22,25,28,31,33-35,37-38,40-65H2,1-5H3/b11-9-,17-15-,20-18-,23-21-,26-24-,29-27-,32-30-,39-36-. The van der Waals surface area contributed by atoms with E-state index >= 15 is 0 Å². The zero-order valence-electron chi connectivity index (χ0n) is 51.7. The fourth-order valence-electron chi connectivity index (χ4n) is 8.87. The van der Waals surface area contributed by atoms with Gasteiger partial charge in [0.1, 0.15) is 13.2 Å². The number of carboxylic acids is 1. The lowest BCUT2D eigenvalue weighted by Crippen LogP contribution is -2.44. The number of hydrogen-bond donors (Lipinski definition) is 0. The van der Waals surface area contributed by atoms with Gasteiger partial charge in [0.2, 0.25) is 0 Å². The highest BCUT2D eigenvalue weighted by Gasteiger charge is 2.22. The highest BCUT2D eigenvalue weighted by Crippen LogP contribution is 2.16. The first kappa shape index (κ1) is 75.2. The van der Waals surface area contributed by atoms with Crippen molar-refractivity contribution in [3.8, 4) is 0 Å². The maximum Gasteiger partial charge on any atom is 0.306 e. The molecule has 9 heteroatoms. The minimum Gasteiger partial charge on any atom is -0.545 e.